The van der Waals surface area contributed by atoms with Crippen LogP contribution in [-0.4, -0.2) is 11.5 Å². The number of hydrogen-bond donors (Lipinski definition) is 0. The fourth-order valence-electron chi connectivity index (χ4n) is 2.09. The molecule has 0 aromatic rings. The molecule has 1 heteroatoms. The van der Waals surface area contributed by atoms with Crippen molar-refractivity contribution >= 4 is 11.8 Å². The SMILES string of the molecule is CCSCCCC1CCCCC1. The molecule has 0 saturated heterocycles. The monoisotopic (exact) mass is 186 g/mol. The minimum Gasteiger partial charge on any atom is -0.162 e. The third-order valence-electron chi connectivity index (χ3n) is 2.83. The van der Waals surface area contributed by atoms with Crippen LogP contribution >= 0.6 is 11.8 Å². The van der Waals surface area contributed by atoms with Crippen LogP contribution in [0.5, 0.6) is 0 Å². The summed E-state index contributed by atoms with van der Waals surface area (Å²) in [6.07, 6.45) is 10.5. The lowest BCUT2D eigenvalue weighted by molar-refractivity contribution is 0.337. The summed E-state index contributed by atoms with van der Waals surface area (Å²) in [6.45, 7) is 2.26. The van der Waals surface area contributed by atoms with Crippen LogP contribution in [0, 0.1) is 5.92 Å². The fourth-order valence-corrected chi connectivity index (χ4v) is 2.75. The number of hydrogen-bond acceptors (Lipinski definition) is 1. The van der Waals surface area contributed by atoms with Gasteiger partial charge in [0.05, 0.1) is 0 Å². The van der Waals surface area contributed by atoms with Gasteiger partial charge in [0.2, 0.25) is 0 Å². The fraction of sp³-hybridized carbons (Fsp3) is 1.00. The standard InChI is InChI=1S/C11H22S/c1-2-12-10-6-9-11-7-4-3-5-8-11/h11H,2-10H2,1H3. The molecule has 0 amide bonds. The largest absolute Gasteiger partial charge is 0.162 e. The first-order valence-corrected chi connectivity index (χ1v) is 6.66. The van der Waals surface area contributed by atoms with Crippen molar-refractivity contribution in [3.63, 3.8) is 0 Å². The van der Waals surface area contributed by atoms with Crippen molar-refractivity contribution in [3.05, 3.63) is 0 Å². The Morgan fingerprint density at radius 2 is 1.92 bits per heavy atom. The predicted molar refractivity (Wildman–Crippen MR) is 58.8 cm³/mol. The Bertz CT molecular complexity index is 95.2. The minimum atomic E-state index is 1.09. The van der Waals surface area contributed by atoms with Crippen LogP contribution in [0.4, 0.5) is 0 Å². The van der Waals surface area contributed by atoms with Gasteiger partial charge in [-0.1, -0.05) is 39.0 Å². The van der Waals surface area contributed by atoms with Gasteiger partial charge in [0.1, 0.15) is 0 Å². The van der Waals surface area contributed by atoms with Crippen LogP contribution in [0.3, 0.4) is 0 Å². The quantitative estimate of drug-likeness (QED) is 0.582. The summed E-state index contributed by atoms with van der Waals surface area (Å²) in [5.41, 5.74) is 0. The lowest BCUT2D eigenvalue weighted by Crippen LogP contribution is -2.06. The second-order valence-corrected chi connectivity index (χ2v) is 5.24. The van der Waals surface area contributed by atoms with E-state index < -0.39 is 0 Å². The molecule has 0 aromatic heterocycles. The maximum atomic E-state index is 2.26. The van der Waals surface area contributed by atoms with Crippen LogP contribution in [-0.2, 0) is 0 Å². The second-order valence-electron chi connectivity index (χ2n) is 3.84. The van der Waals surface area contributed by atoms with E-state index in [1.807, 2.05) is 0 Å². The van der Waals surface area contributed by atoms with Crippen LogP contribution in [0.1, 0.15) is 51.9 Å². The number of thioether (sulfide) groups is 1. The molecule has 1 fully saturated rings. The molecule has 0 aromatic carbocycles. The smallest absolute Gasteiger partial charge is 0.00675 e. The van der Waals surface area contributed by atoms with Crippen molar-refractivity contribution < 1.29 is 0 Å². The first-order chi connectivity index (χ1) is 5.93. The van der Waals surface area contributed by atoms with E-state index in [4.69, 9.17) is 0 Å². The van der Waals surface area contributed by atoms with E-state index in [0.717, 1.165) is 5.92 Å². The van der Waals surface area contributed by atoms with Crippen LogP contribution < -0.4 is 0 Å². The molecule has 0 spiro atoms. The topological polar surface area (TPSA) is 0 Å². The van der Waals surface area contributed by atoms with Gasteiger partial charge in [-0.05, 0) is 30.3 Å². The predicted octanol–water partition coefficient (Wildman–Crippen LogP) is 4.10. The summed E-state index contributed by atoms with van der Waals surface area (Å²) in [5.74, 6) is 3.79. The van der Waals surface area contributed by atoms with Crippen LogP contribution in [0.15, 0.2) is 0 Å². The van der Waals surface area contributed by atoms with E-state index in [0.29, 0.717) is 0 Å². The summed E-state index contributed by atoms with van der Waals surface area (Å²) in [7, 11) is 0. The summed E-state index contributed by atoms with van der Waals surface area (Å²) >= 11 is 2.10. The van der Waals surface area contributed by atoms with Gasteiger partial charge in [-0.25, -0.2) is 0 Å². The highest BCUT2D eigenvalue weighted by molar-refractivity contribution is 7.99. The third-order valence-corrected chi connectivity index (χ3v) is 3.82. The molecular formula is C11H22S. The molecule has 0 atom stereocenters. The molecular weight excluding hydrogens is 164 g/mol. The molecule has 0 unspecified atom stereocenters. The summed E-state index contributed by atoms with van der Waals surface area (Å²) < 4.78 is 0. The van der Waals surface area contributed by atoms with Crippen LogP contribution in [0.2, 0.25) is 0 Å². The maximum Gasteiger partial charge on any atom is -0.00675 e. The highest BCUT2D eigenvalue weighted by atomic mass is 32.2. The number of rotatable bonds is 5. The van der Waals surface area contributed by atoms with Crippen molar-refractivity contribution in [1.29, 1.82) is 0 Å². The van der Waals surface area contributed by atoms with Gasteiger partial charge in [0.25, 0.3) is 0 Å². The Kier molecular flexibility index (Phi) is 5.93. The zero-order chi connectivity index (χ0) is 8.65. The molecule has 1 aliphatic carbocycles. The third kappa shape index (κ3) is 4.39. The zero-order valence-electron chi connectivity index (χ0n) is 8.35. The Morgan fingerprint density at radius 3 is 2.58 bits per heavy atom. The lowest BCUT2D eigenvalue weighted by Gasteiger charge is -2.20. The maximum absolute atomic E-state index is 2.26. The van der Waals surface area contributed by atoms with Gasteiger partial charge in [0, 0.05) is 0 Å². The van der Waals surface area contributed by atoms with E-state index >= 15 is 0 Å². The molecule has 0 N–H and O–H groups in total. The van der Waals surface area contributed by atoms with Crippen molar-refractivity contribution in [1.82, 2.24) is 0 Å². The Morgan fingerprint density at radius 1 is 1.17 bits per heavy atom. The molecule has 0 aliphatic heterocycles. The van der Waals surface area contributed by atoms with Crippen molar-refractivity contribution in [2.45, 2.75) is 51.9 Å². The normalized spacial score (nSPS) is 19.8. The Labute approximate surface area is 81.5 Å². The molecule has 12 heavy (non-hydrogen) atoms. The van der Waals surface area contributed by atoms with E-state index in [-0.39, 0.29) is 0 Å². The van der Waals surface area contributed by atoms with E-state index in [2.05, 4.69) is 18.7 Å². The Hall–Kier alpha value is 0.350. The van der Waals surface area contributed by atoms with Crippen LogP contribution in [0.25, 0.3) is 0 Å². The van der Waals surface area contributed by atoms with Crippen molar-refractivity contribution in [3.8, 4) is 0 Å². The van der Waals surface area contributed by atoms with E-state index in [9.17, 15) is 0 Å². The van der Waals surface area contributed by atoms with Gasteiger partial charge >= 0.3 is 0 Å². The molecule has 0 radical (unpaired) electrons. The summed E-state index contributed by atoms with van der Waals surface area (Å²) in [4.78, 5) is 0. The highest BCUT2D eigenvalue weighted by Crippen LogP contribution is 2.27. The molecule has 1 aliphatic rings. The first kappa shape index (κ1) is 10.4. The summed E-state index contributed by atoms with van der Waals surface area (Å²) in [6, 6.07) is 0. The molecule has 0 bridgehead atoms. The van der Waals surface area contributed by atoms with Gasteiger partial charge in [-0.3, -0.25) is 0 Å². The molecule has 0 heterocycles. The van der Waals surface area contributed by atoms with E-state index in [1.165, 1.54) is 56.5 Å². The average Bonchev–Trinajstić information content (AvgIpc) is 2.14. The molecule has 1 saturated carbocycles. The summed E-state index contributed by atoms with van der Waals surface area (Å²) in [5, 5.41) is 0. The van der Waals surface area contributed by atoms with Crippen molar-refractivity contribution in [2.24, 2.45) is 5.92 Å². The van der Waals surface area contributed by atoms with Gasteiger partial charge in [-0.15, -0.1) is 0 Å². The highest BCUT2D eigenvalue weighted by Gasteiger charge is 2.12. The zero-order valence-corrected chi connectivity index (χ0v) is 9.17. The van der Waals surface area contributed by atoms with Gasteiger partial charge in [0.15, 0.2) is 0 Å². The molecule has 1 rings (SSSR count). The van der Waals surface area contributed by atoms with Crippen molar-refractivity contribution in [2.75, 3.05) is 11.5 Å². The minimum absolute atomic E-state index is 1.09. The Balaban J connectivity index is 1.91. The molecule has 72 valence electrons. The van der Waals surface area contributed by atoms with Gasteiger partial charge < -0.3 is 0 Å². The first-order valence-electron chi connectivity index (χ1n) is 5.51. The molecule has 0 nitrogen and oxygen atoms in total. The lowest BCUT2D eigenvalue weighted by atomic mass is 9.86. The average molecular weight is 186 g/mol. The second kappa shape index (κ2) is 6.82. The van der Waals surface area contributed by atoms with Gasteiger partial charge in [-0.2, -0.15) is 11.8 Å². The van der Waals surface area contributed by atoms with E-state index in [1.54, 1.807) is 0 Å².